The summed E-state index contributed by atoms with van der Waals surface area (Å²) in [6.07, 6.45) is 8.05. The van der Waals surface area contributed by atoms with Crippen molar-refractivity contribution in [3.05, 3.63) is 71.9 Å². The Morgan fingerprint density at radius 2 is 1.24 bits per heavy atom. The van der Waals surface area contributed by atoms with Crippen molar-refractivity contribution in [2.45, 2.75) is 12.8 Å². The zero-order valence-electron chi connectivity index (χ0n) is 23.3. The molecule has 0 aliphatic carbocycles. The largest absolute Gasteiger partial charge is 0.335 e. The molecule has 0 aliphatic heterocycles. The highest BCUT2D eigenvalue weighted by atomic mass is 15.1. The Hall–Kier alpha value is -3.68. The molecule has 0 aliphatic rings. The summed E-state index contributed by atoms with van der Waals surface area (Å²) < 4.78 is 2.05. The van der Waals surface area contributed by atoms with E-state index in [1.54, 1.807) is 0 Å². The van der Waals surface area contributed by atoms with E-state index in [9.17, 15) is 0 Å². The van der Waals surface area contributed by atoms with Crippen molar-refractivity contribution in [2.24, 2.45) is 17.0 Å². The molecule has 0 fully saturated rings. The molecule has 2 aromatic heterocycles. The first-order valence-electron chi connectivity index (χ1n) is 13.2. The van der Waals surface area contributed by atoms with E-state index in [1.165, 1.54) is 0 Å². The van der Waals surface area contributed by atoms with Gasteiger partial charge in [-0.05, 0) is 71.3 Å². The van der Waals surface area contributed by atoms with Gasteiger partial charge in [0.25, 0.3) is 0 Å². The molecule has 0 spiro atoms. The van der Waals surface area contributed by atoms with Crippen molar-refractivity contribution in [3.8, 4) is 22.6 Å². The average Bonchev–Trinajstić information content (AvgIpc) is 3.29. The molecule has 7 nitrogen and oxygen atoms in total. The second kappa shape index (κ2) is 13.2. The third-order valence-electron chi connectivity index (χ3n) is 6.34. The Morgan fingerprint density at radius 3 is 1.76 bits per heavy atom. The van der Waals surface area contributed by atoms with Gasteiger partial charge >= 0.3 is 0 Å². The molecule has 0 radical (unpaired) electrons. The van der Waals surface area contributed by atoms with Crippen LogP contribution in [-0.2, 0) is 7.05 Å². The number of aliphatic imine (C=N–C) groups is 2. The molecule has 0 amide bonds. The maximum Gasteiger partial charge on any atom is 0.162 e. The molecule has 198 valence electrons. The first kappa shape index (κ1) is 27.4. The topological polar surface area (TPSA) is 61.9 Å². The van der Waals surface area contributed by atoms with Crippen molar-refractivity contribution < 1.29 is 0 Å². The fourth-order valence-corrected chi connectivity index (χ4v) is 4.23. The smallest absolute Gasteiger partial charge is 0.162 e. The van der Waals surface area contributed by atoms with Crippen LogP contribution in [0.2, 0.25) is 0 Å². The lowest BCUT2D eigenvalue weighted by Gasteiger charge is -2.09. The molecule has 0 atom stereocenters. The SMILES string of the molecule is CN(C)CCCN=Cc1ccc(-c2nc(-c3ccc(C=NCCCN(C)C)cc3)c3ccn(C)c3n2)cc1. The second-order valence-corrected chi connectivity index (χ2v) is 10.2. The minimum absolute atomic E-state index is 0.718. The van der Waals surface area contributed by atoms with Crippen LogP contribution in [0.4, 0.5) is 0 Å². The van der Waals surface area contributed by atoms with Gasteiger partial charge in [0.2, 0.25) is 0 Å². The van der Waals surface area contributed by atoms with E-state index < -0.39 is 0 Å². The van der Waals surface area contributed by atoms with Crippen LogP contribution in [-0.4, -0.2) is 91.1 Å². The molecular formula is C31H39N7. The Morgan fingerprint density at radius 1 is 0.711 bits per heavy atom. The number of aromatic nitrogens is 3. The van der Waals surface area contributed by atoms with E-state index in [1.807, 2.05) is 30.2 Å². The third-order valence-corrected chi connectivity index (χ3v) is 6.34. The minimum atomic E-state index is 0.718. The van der Waals surface area contributed by atoms with Gasteiger partial charge < -0.3 is 14.4 Å². The number of fused-ring (bicyclic) bond motifs is 1. The summed E-state index contributed by atoms with van der Waals surface area (Å²) in [5.41, 5.74) is 6.08. The van der Waals surface area contributed by atoms with E-state index in [2.05, 4.69) is 103 Å². The summed E-state index contributed by atoms with van der Waals surface area (Å²) in [6.45, 7) is 3.76. The maximum atomic E-state index is 5.02. The molecule has 0 saturated heterocycles. The molecule has 2 aromatic carbocycles. The molecule has 0 bridgehead atoms. The molecule has 0 unspecified atom stereocenters. The van der Waals surface area contributed by atoms with Gasteiger partial charge in [-0.3, -0.25) is 9.98 Å². The Bertz CT molecular complexity index is 1360. The van der Waals surface area contributed by atoms with Gasteiger partial charge in [-0.1, -0.05) is 48.5 Å². The van der Waals surface area contributed by atoms with Crippen LogP contribution in [0, 0.1) is 0 Å². The predicted molar refractivity (Wildman–Crippen MR) is 161 cm³/mol. The van der Waals surface area contributed by atoms with Crippen LogP contribution in [0.1, 0.15) is 24.0 Å². The zero-order valence-corrected chi connectivity index (χ0v) is 23.3. The lowest BCUT2D eigenvalue weighted by molar-refractivity contribution is 0.403. The maximum absolute atomic E-state index is 5.02. The molecule has 4 aromatic rings. The van der Waals surface area contributed by atoms with E-state index in [-0.39, 0.29) is 0 Å². The quantitative estimate of drug-likeness (QED) is 0.198. The van der Waals surface area contributed by atoms with Gasteiger partial charge in [0.05, 0.1) is 5.69 Å². The monoisotopic (exact) mass is 509 g/mol. The van der Waals surface area contributed by atoms with Gasteiger partial charge in [0.1, 0.15) is 5.65 Å². The number of rotatable bonds is 12. The van der Waals surface area contributed by atoms with Crippen LogP contribution >= 0.6 is 0 Å². The number of hydrogen-bond donors (Lipinski definition) is 0. The van der Waals surface area contributed by atoms with Gasteiger partial charge in [-0.2, -0.15) is 0 Å². The number of aryl methyl sites for hydroxylation is 1. The third kappa shape index (κ3) is 7.43. The minimum Gasteiger partial charge on any atom is -0.335 e. The fourth-order valence-electron chi connectivity index (χ4n) is 4.23. The summed E-state index contributed by atoms with van der Waals surface area (Å²) in [5, 5.41) is 1.04. The number of hydrogen-bond acceptors (Lipinski definition) is 6. The second-order valence-electron chi connectivity index (χ2n) is 10.2. The zero-order chi connectivity index (χ0) is 26.9. The first-order chi connectivity index (χ1) is 18.4. The lowest BCUT2D eigenvalue weighted by atomic mass is 10.1. The summed E-state index contributed by atoms with van der Waals surface area (Å²) in [7, 11) is 10.4. The van der Waals surface area contributed by atoms with Gasteiger partial charge in [0, 0.05) is 55.3 Å². The Labute approximate surface area is 226 Å². The molecule has 0 N–H and O–H groups in total. The van der Waals surface area contributed by atoms with Gasteiger partial charge in [0.15, 0.2) is 5.82 Å². The molecular weight excluding hydrogens is 470 g/mol. The highest BCUT2D eigenvalue weighted by molar-refractivity contribution is 5.93. The van der Waals surface area contributed by atoms with Crippen molar-refractivity contribution in [2.75, 3.05) is 54.4 Å². The molecule has 4 rings (SSSR count). The van der Waals surface area contributed by atoms with Crippen molar-refractivity contribution in [3.63, 3.8) is 0 Å². The number of benzene rings is 2. The van der Waals surface area contributed by atoms with Crippen LogP contribution in [0.15, 0.2) is 70.8 Å². The molecule has 2 heterocycles. The van der Waals surface area contributed by atoms with Crippen molar-refractivity contribution >= 4 is 23.5 Å². The molecule has 38 heavy (non-hydrogen) atoms. The molecule has 0 saturated carbocycles. The van der Waals surface area contributed by atoms with Gasteiger partial charge in [-0.15, -0.1) is 0 Å². The van der Waals surface area contributed by atoms with Crippen LogP contribution < -0.4 is 0 Å². The predicted octanol–water partition coefficient (Wildman–Crippen LogP) is 5.04. The van der Waals surface area contributed by atoms with E-state index in [0.29, 0.717) is 0 Å². The average molecular weight is 510 g/mol. The fraction of sp³-hybridized carbons (Fsp3) is 0.355. The van der Waals surface area contributed by atoms with Crippen LogP contribution in [0.25, 0.3) is 33.7 Å². The molecule has 7 heteroatoms. The number of nitrogens with zero attached hydrogens (tertiary/aromatic N) is 7. The Kier molecular flexibility index (Phi) is 9.51. The highest BCUT2D eigenvalue weighted by Gasteiger charge is 2.13. The normalized spacial score (nSPS) is 12.2. The van der Waals surface area contributed by atoms with E-state index >= 15 is 0 Å². The summed E-state index contributed by atoms with van der Waals surface area (Å²) in [4.78, 5) is 23.4. The summed E-state index contributed by atoms with van der Waals surface area (Å²) in [6, 6.07) is 18.8. The van der Waals surface area contributed by atoms with E-state index in [0.717, 1.165) is 83.8 Å². The van der Waals surface area contributed by atoms with Crippen molar-refractivity contribution in [1.29, 1.82) is 0 Å². The first-order valence-corrected chi connectivity index (χ1v) is 13.2. The Balaban J connectivity index is 1.53. The highest BCUT2D eigenvalue weighted by Crippen LogP contribution is 2.29. The summed E-state index contributed by atoms with van der Waals surface area (Å²) >= 11 is 0. The summed E-state index contributed by atoms with van der Waals surface area (Å²) in [5.74, 6) is 0.718. The van der Waals surface area contributed by atoms with Crippen molar-refractivity contribution in [1.82, 2.24) is 24.3 Å². The lowest BCUT2D eigenvalue weighted by Crippen LogP contribution is -2.13. The van der Waals surface area contributed by atoms with Crippen LogP contribution in [0.5, 0.6) is 0 Å². The van der Waals surface area contributed by atoms with Gasteiger partial charge in [-0.25, -0.2) is 9.97 Å². The van der Waals surface area contributed by atoms with Crippen LogP contribution in [0.3, 0.4) is 0 Å². The standard InChI is InChI=1S/C31H39N7/c1-36(2)19-6-17-32-22-24-8-12-26(13-9-24)29-28-16-21-38(5)31(28)35-30(34-29)27-14-10-25(11-15-27)23-33-18-7-20-37(3)4/h8-16,21-23H,6-7,17-20H2,1-5H3. The van der Waals surface area contributed by atoms with E-state index in [4.69, 9.17) is 9.97 Å².